The van der Waals surface area contributed by atoms with Crippen molar-refractivity contribution in [2.24, 2.45) is 0 Å². The predicted molar refractivity (Wildman–Crippen MR) is 82.6 cm³/mol. The molecule has 6 heteroatoms. The first kappa shape index (κ1) is 16.1. The Balaban J connectivity index is 2.74. The third kappa shape index (κ3) is 5.38. The van der Waals surface area contributed by atoms with Crippen LogP contribution in [0.3, 0.4) is 0 Å². The van der Waals surface area contributed by atoms with E-state index in [2.05, 4.69) is 37.2 Å². The maximum absolute atomic E-state index is 11.1. The van der Waals surface area contributed by atoms with Crippen LogP contribution in [0.4, 0.5) is 0 Å². The van der Waals surface area contributed by atoms with Gasteiger partial charge in [0, 0.05) is 27.0 Å². The molecule has 0 saturated carbocycles. The highest BCUT2D eigenvalue weighted by Gasteiger charge is 2.14. The van der Waals surface area contributed by atoms with E-state index >= 15 is 0 Å². The summed E-state index contributed by atoms with van der Waals surface area (Å²) in [5, 5.41) is 3.23. The van der Waals surface area contributed by atoms with Crippen molar-refractivity contribution in [3.05, 3.63) is 32.7 Å². The Kier molecular flexibility index (Phi) is 6.30. The van der Waals surface area contributed by atoms with E-state index in [0.717, 1.165) is 20.9 Å². The summed E-state index contributed by atoms with van der Waals surface area (Å²) >= 11 is 6.97. The molecule has 0 bridgehead atoms. The van der Waals surface area contributed by atoms with E-state index in [4.69, 9.17) is 0 Å². The van der Waals surface area contributed by atoms with Crippen LogP contribution in [0.2, 0.25) is 0 Å². The molecule has 102 valence electrons. The zero-order chi connectivity index (χ0) is 13.8. The van der Waals surface area contributed by atoms with Crippen LogP contribution in [0.15, 0.2) is 27.1 Å². The number of halogens is 2. The van der Waals surface area contributed by atoms with Crippen molar-refractivity contribution >= 4 is 41.7 Å². The van der Waals surface area contributed by atoms with Crippen molar-refractivity contribution in [2.75, 3.05) is 19.1 Å². The van der Waals surface area contributed by atoms with Crippen LogP contribution in [-0.2, 0) is 9.84 Å². The Labute approximate surface area is 126 Å². The number of sulfone groups is 1. The molecule has 1 N–H and O–H groups in total. The van der Waals surface area contributed by atoms with Gasteiger partial charge in [-0.2, -0.15) is 0 Å². The normalized spacial score (nSPS) is 13.6. The summed E-state index contributed by atoms with van der Waals surface area (Å²) in [5.41, 5.74) is 1.14. The van der Waals surface area contributed by atoms with Crippen LogP contribution in [0, 0.1) is 0 Å². The molecule has 1 atom stereocenters. The Hall–Kier alpha value is 0.0900. The Morgan fingerprint density at radius 2 is 2.00 bits per heavy atom. The molecule has 0 aliphatic heterocycles. The maximum Gasteiger partial charge on any atom is 0.147 e. The topological polar surface area (TPSA) is 46.2 Å². The molecule has 0 aliphatic rings. The average Bonchev–Trinajstić information content (AvgIpc) is 2.27. The molecule has 0 spiro atoms. The summed E-state index contributed by atoms with van der Waals surface area (Å²) in [4.78, 5) is 0. The smallest absolute Gasteiger partial charge is 0.147 e. The minimum atomic E-state index is -2.88. The zero-order valence-corrected chi connectivity index (χ0v) is 14.4. The van der Waals surface area contributed by atoms with E-state index in [1.807, 2.05) is 25.2 Å². The van der Waals surface area contributed by atoms with E-state index in [1.54, 1.807) is 0 Å². The van der Waals surface area contributed by atoms with Crippen molar-refractivity contribution < 1.29 is 8.42 Å². The van der Waals surface area contributed by atoms with Gasteiger partial charge in [0.05, 0.1) is 0 Å². The molecule has 0 heterocycles. The predicted octanol–water partition coefficient (Wildman–Crippen LogP) is 3.30. The van der Waals surface area contributed by atoms with Crippen LogP contribution in [0.25, 0.3) is 0 Å². The molecule has 0 aromatic heterocycles. The molecule has 3 nitrogen and oxygen atoms in total. The lowest BCUT2D eigenvalue weighted by Gasteiger charge is -2.18. The maximum atomic E-state index is 11.1. The highest BCUT2D eigenvalue weighted by molar-refractivity contribution is 9.11. The van der Waals surface area contributed by atoms with Crippen LogP contribution in [0.5, 0.6) is 0 Å². The van der Waals surface area contributed by atoms with E-state index in [-0.39, 0.29) is 11.8 Å². The molecule has 1 unspecified atom stereocenters. The fraction of sp³-hybridized carbons (Fsp3) is 0.500. The van der Waals surface area contributed by atoms with E-state index in [1.165, 1.54) is 6.26 Å². The number of hydrogen-bond donors (Lipinski definition) is 1. The fourth-order valence-electron chi connectivity index (χ4n) is 1.79. The van der Waals surface area contributed by atoms with Gasteiger partial charge >= 0.3 is 0 Å². The van der Waals surface area contributed by atoms with Gasteiger partial charge in [-0.15, -0.1) is 0 Å². The first-order valence-corrected chi connectivity index (χ1v) is 9.28. The monoisotopic (exact) mass is 397 g/mol. The summed E-state index contributed by atoms with van der Waals surface area (Å²) < 4.78 is 24.3. The second kappa shape index (κ2) is 7.03. The van der Waals surface area contributed by atoms with Crippen LogP contribution in [0.1, 0.15) is 24.4 Å². The summed E-state index contributed by atoms with van der Waals surface area (Å²) in [6.45, 7) is 0. The van der Waals surface area contributed by atoms with E-state index in [9.17, 15) is 8.42 Å². The standard InChI is InChI=1S/C12H17Br2NO2S/c1-15-12(4-3-7-18(2,16)17)10-8-9(13)5-6-11(10)14/h5-6,8,12,15H,3-4,7H2,1-2H3. The average molecular weight is 399 g/mol. The SMILES string of the molecule is CNC(CCCS(C)(=O)=O)c1cc(Br)ccc1Br. The van der Waals surface area contributed by atoms with Gasteiger partial charge in [0.2, 0.25) is 0 Å². The highest BCUT2D eigenvalue weighted by atomic mass is 79.9. The summed E-state index contributed by atoms with van der Waals surface area (Å²) in [6.07, 6.45) is 2.72. The Morgan fingerprint density at radius 3 is 2.56 bits per heavy atom. The lowest BCUT2D eigenvalue weighted by Crippen LogP contribution is -2.18. The largest absolute Gasteiger partial charge is 0.313 e. The van der Waals surface area contributed by atoms with E-state index < -0.39 is 9.84 Å². The van der Waals surface area contributed by atoms with E-state index in [0.29, 0.717) is 6.42 Å². The van der Waals surface area contributed by atoms with Gasteiger partial charge in [0.1, 0.15) is 9.84 Å². The summed E-state index contributed by atoms with van der Waals surface area (Å²) in [5.74, 6) is 0.233. The third-order valence-electron chi connectivity index (χ3n) is 2.69. The fourth-order valence-corrected chi connectivity index (χ4v) is 3.38. The molecule has 18 heavy (non-hydrogen) atoms. The van der Waals surface area contributed by atoms with Gasteiger partial charge in [-0.3, -0.25) is 0 Å². The number of hydrogen-bond acceptors (Lipinski definition) is 3. The van der Waals surface area contributed by atoms with Crippen molar-refractivity contribution in [1.29, 1.82) is 0 Å². The molecule has 1 aromatic rings. The first-order valence-electron chi connectivity index (χ1n) is 5.63. The molecule has 1 rings (SSSR count). The van der Waals surface area contributed by atoms with Crippen LogP contribution >= 0.6 is 31.9 Å². The molecule has 1 aromatic carbocycles. The Morgan fingerprint density at radius 1 is 1.33 bits per heavy atom. The molecule has 0 radical (unpaired) electrons. The van der Waals surface area contributed by atoms with Crippen molar-refractivity contribution in [3.8, 4) is 0 Å². The molecule has 0 amide bonds. The van der Waals surface area contributed by atoms with Crippen molar-refractivity contribution in [1.82, 2.24) is 5.32 Å². The summed E-state index contributed by atoms with van der Waals surface area (Å²) in [6, 6.07) is 6.15. The van der Waals surface area contributed by atoms with Crippen LogP contribution < -0.4 is 5.32 Å². The Bertz CT molecular complexity index is 503. The second-order valence-corrected chi connectivity index (χ2v) is 8.31. The van der Waals surface area contributed by atoms with Gasteiger partial charge in [-0.25, -0.2) is 8.42 Å². The van der Waals surface area contributed by atoms with Gasteiger partial charge in [0.15, 0.2) is 0 Å². The first-order chi connectivity index (χ1) is 8.33. The minimum absolute atomic E-state index is 0.152. The summed E-state index contributed by atoms with van der Waals surface area (Å²) in [7, 11) is -0.990. The lowest BCUT2D eigenvalue weighted by atomic mass is 10.0. The van der Waals surface area contributed by atoms with Crippen LogP contribution in [-0.4, -0.2) is 27.5 Å². The van der Waals surface area contributed by atoms with Crippen molar-refractivity contribution in [2.45, 2.75) is 18.9 Å². The molecule has 0 fully saturated rings. The second-order valence-electron chi connectivity index (χ2n) is 4.28. The van der Waals surface area contributed by atoms with Gasteiger partial charge in [-0.05, 0) is 43.7 Å². The number of benzene rings is 1. The van der Waals surface area contributed by atoms with Gasteiger partial charge in [-0.1, -0.05) is 31.9 Å². The molecule has 0 aliphatic carbocycles. The molecule has 0 saturated heterocycles. The zero-order valence-electron chi connectivity index (χ0n) is 10.4. The van der Waals surface area contributed by atoms with Crippen molar-refractivity contribution in [3.63, 3.8) is 0 Å². The van der Waals surface area contributed by atoms with Gasteiger partial charge in [0.25, 0.3) is 0 Å². The number of rotatable bonds is 6. The third-order valence-corrected chi connectivity index (χ3v) is 4.94. The lowest BCUT2D eigenvalue weighted by molar-refractivity contribution is 0.534. The molecular weight excluding hydrogens is 382 g/mol. The number of nitrogens with one attached hydrogen (secondary N) is 1. The quantitative estimate of drug-likeness (QED) is 0.799. The molecular formula is C12H17Br2NO2S. The highest BCUT2D eigenvalue weighted by Crippen LogP contribution is 2.29. The van der Waals surface area contributed by atoms with Gasteiger partial charge < -0.3 is 5.32 Å². The minimum Gasteiger partial charge on any atom is -0.313 e.